The molecular weight excluding hydrogens is 403 g/mol. The van der Waals surface area contributed by atoms with Crippen LogP contribution < -0.4 is 5.32 Å². The van der Waals surface area contributed by atoms with Crippen LogP contribution in [-0.4, -0.2) is 29.0 Å². The van der Waals surface area contributed by atoms with Gasteiger partial charge in [-0.3, -0.25) is 4.98 Å². The zero-order chi connectivity index (χ0) is 22.1. The Labute approximate surface area is 179 Å². The van der Waals surface area contributed by atoms with Gasteiger partial charge in [0, 0.05) is 31.4 Å². The third-order valence-corrected chi connectivity index (χ3v) is 4.56. The second-order valence-electron chi connectivity index (χ2n) is 6.80. The number of pyridine rings is 1. The van der Waals surface area contributed by atoms with E-state index in [9.17, 15) is 18.0 Å². The Morgan fingerprint density at radius 1 is 0.968 bits per heavy atom. The molecule has 31 heavy (non-hydrogen) atoms. The molecule has 1 N–H and O–H groups in total. The summed E-state index contributed by atoms with van der Waals surface area (Å²) in [5.41, 5.74) is 0.612. The Hall–Kier alpha value is -3.61. The molecule has 0 spiro atoms. The van der Waals surface area contributed by atoms with E-state index in [1.807, 2.05) is 54.6 Å². The normalized spacial score (nSPS) is 11.5. The minimum absolute atomic E-state index is 0.238. The fourth-order valence-corrected chi connectivity index (χ4v) is 2.99. The molecule has 0 saturated carbocycles. The topological polar surface area (TPSA) is 45.2 Å². The van der Waals surface area contributed by atoms with Gasteiger partial charge >= 0.3 is 12.2 Å². The van der Waals surface area contributed by atoms with E-state index in [1.165, 1.54) is 23.1 Å². The number of carbonyl (C=O) groups excluding carboxylic acids is 1. The maximum absolute atomic E-state index is 13.3. The Balaban J connectivity index is 1.74. The van der Waals surface area contributed by atoms with Crippen LogP contribution in [0.2, 0.25) is 0 Å². The number of nitrogens with zero attached hydrogens (tertiary/aromatic N) is 2. The van der Waals surface area contributed by atoms with Crippen LogP contribution in [0.15, 0.2) is 85.1 Å². The Morgan fingerprint density at radius 3 is 2.39 bits per heavy atom. The van der Waals surface area contributed by atoms with Crippen molar-refractivity contribution in [3.05, 3.63) is 102 Å². The predicted molar refractivity (Wildman–Crippen MR) is 115 cm³/mol. The van der Waals surface area contributed by atoms with Crippen molar-refractivity contribution in [1.29, 1.82) is 0 Å². The Morgan fingerprint density at radius 2 is 1.68 bits per heavy atom. The first kappa shape index (κ1) is 22.1. The van der Waals surface area contributed by atoms with Gasteiger partial charge in [-0.2, -0.15) is 13.2 Å². The van der Waals surface area contributed by atoms with E-state index in [0.29, 0.717) is 13.0 Å². The molecule has 0 saturated heterocycles. The number of hydrogen-bond acceptors (Lipinski definition) is 2. The van der Waals surface area contributed by atoms with E-state index in [4.69, 9.17) is 0 Å². The van der Waals surface area contributed by atoms with E-state index < -0.39 is 17.8 Å². The average Bonchev–Trinajstić information content (AvgIpc) is 2.77. The van der Waals surface area contributed by atoms with Gasteiger partial charge in [0.15, 0.2) is 0 Å². The van der Waals surface area contributed by atoms with Crippen LogP contribution in [0.25, 0.3) is 6.08 Å². The van der Waals surface area contributed by atoms with E-state index in [0.717, 1.165) is 17.3 Å². The van der Waals surface area contributed by atoms with E-state index in [2.05, 4.69) is 10.3 Å². The molecule has 1 aromatic heterocycles. The molecule has 0 radical (unpaired) electrons. The summed E-state index contributed by atoms with van der Waals surface area (Å²) >= 11 is 0. The van der Waals surface area contributed by atoms with Gasteiger partial charge in [-0.25, -0.2) is 4.79 Å². The predicted octanol–water partition coefficient (Wildman–Crippen LogP) is 5.89. The molecule has 3 rings (SSSR count). The molecule has 7 heteroatoms. The number of hydrogen-bond donors (Lipinski definition) is 1. The van der Waals surface area contributed by atoms with Gasteiger partial charge in [0.1, 0.15) is 0 Å². The standard InChI is InChI=1S/C24H22F3N3O/c25-24(26,27)21-13-4-5-14-22(21)29-23(31)30(18-15-20-12-6-7-16-28-20)17-8-11-19-9-2-1-3-10-19/h1-14,16H,15,17-18H2,(H,29,31). The van der Waals surface area contributed by atoms with Gasteiger partial charge < -0.3 is 10.2 Å². The van der Waals surface area contributed by atoms with Crippen molar-refractivity contribution in [2.24, 2.45) is 0 Å². The fraction of sp³-hybridized carbons (Fsp3) is 0.167. The van der Waals surface area contributed by atoms with Crippen molar-refractivity contribution in [3.63, 3.8) is 0 Å². The second-order valence-corrected chi connectivity index (χ2v) is 6.80. The molecule has 0 fully saturated rings. The number of alkyl halides is 3. The SMILES string of the molecule is O=C(Nc1ccccc1C(F)(F)F)N(CC=Cc1ccccc1)CCc1ccccn1. The number of nitrogens with one attached hydrogen (secondary N) is 1. The molecule has 1 heterocycles. The lowest BCUT2D eigenvalue weighted by molar-refractivity contribution is -0.136. The number of aromatic nitrogens is 1. The molecule has 0 bridgehead atoms. The molecule has 2 aromatic carbocycles. The molecular formula is C24H22F3N3O. The van der Waals surface area contributed by atoms with Gasteiger partial charge in [0.25, 0.3) is 0 Å². The summed E-state index contributed by atoms with van der Waals surface area (Å²) in [6.45, 7) is 0.540. The highest BCUT2D eigenvalue weighted by Gasteiger charge is 2.33. The summed E-state index contributed by atoms with van der Waals surface area (Å²) in [7, 11) is 0. The maximum Gasteiger partial charge on any atom is 0.418 e. The van der Waals surface area contributed by atoms with Crippen molar-refractivity contribution in [1.82, 2.24) is 9.88 Å². The summed E-state index contributed by atoms with van der Waals surface area (Å²) < 4.78 is 39.8. The highest BCUT2D eigenvalue weighted by atomic mass is 19.4. The molecule has 2 amide bonds. The number of anilines is 1. The molecule has 0 aliphatic rings. The van der Waals surface area contributed by atoms with Gasteiger partial charge in [-0.15, -0.1) is 0 Å². The first-order valence-electron chi connectivity index (χ1n) is 9.77. The first-order chi connectivity index (χ1) is 14.9. The van der Waals surface area contributed by atoms with Gasteiger partial charge in [0.2, 0.25) is 0 Å². The fourth-order valence-electron chi connectivity index (χ4n) is 2.99. The highest BCUT2D eigenvalue weighted by molar-refractivity contribution is 5.90. The van der Waals surface area contributed by atoms with Crippen molar-refractivity contribution >= 4 is 17.8 Å². The highest BCUT2D eigenvalue weighted by Crippen LogP contribution is 2.34. The van der Waals surface area contributed by atoms with Crippen LogP contribution in [0.1, 0.15) is 16.8 Å². The molecule has 4 nitrogen and oxygen atoms in total. The van der Waals surface area contributed by atoms with Crippen LogP contribution >= 0.6 is 0 Å². The van der Waals surface area contributed by atoms with Crippen molar-refractivity contribution < 1.29 is 18.0 Å². The van der Waals surface area contributed by atoms with E-state index >= 15 is 0 Å². The maximum atomic E-state index is 13.3. The summed E-state index contributed by atoms with van der Waals surface area (Å²) in [5.74, 6) is 0. The molecule has 0 aliphatic carbocycles. The number of urea groups is 1. The number of carbonyl (C=O) groups is 1. The molecule has 160 valence electrons. The van der Waals surface area contributed by atoms with Crippen LogP contribution in [0, 0.1) is 0 Å². The summed E-state index contributed by atoms with van der Waals surface area (Å²) in [6, 6.07) is 19.4. The van der Waals surface area contributed by atoms with Crippen molar-refractivity contribution in [2.45, 2.75) is 12.6 Å². The monoisotopic (exact) mass is 425 g/mol. The third-order valence-electron chi connectivity index (χ3n) is 4.56. The van der Waals surface area contributed by atoms with Gasteiger partial charge in [-0.1, -0.05) is 60.7 Å². The molecule has 0 aliphatic heterocycles. The van der Waals surface area contributed by atoms with Crippen LogP contribution in [0.3, 0.4) is 0 Å². The minimum atomic E-state index is -4.56. The second kappa shape index (κ2) is 10.4. The van der Waals surface area contributed by atoms with E-state index in [1.54, 1.807) is 12.3 Å². The van der Waals surface area contributed by atoms with Crippen molar-refractivity contribution in [3.8, 4) is 0 Å². The number of benzene rings is 2. The number of rotatable bonds is 7. The summed E-state index contributed by atoms with van der Waals surface area (Å²) in [6.07, 6.45) is 1.26. The molecule has 0 unspecified atom stereocenters. The Bertz CT molecular complexity index is 1010. The zero-order valence-electron chi connectivity index (χ0n) is 16.7. The summed E-state index contributed by atoms with van der Waals surface area (Å²) in [5, 5.41) is 2.41. The van der Waals surface area contributed by atoms with Crippen LogP contribution in [0.5, 0.6) is 0 Å². The summed E-state index contributed by atoms with van der Waals surface area (Å²) in [4.78, 5) is 18.6. The average molecular weight is 425 g/mol. The Kier molecular flexibility index (Phi) is 7.43. The number of halogens is 3. The first-order valence-corrected chi connectivity index (χ1v) is 9.77. The number of para-hydroxylation sites is 1. The van der Waals surface area contributed by atoms with Crippen LogP contribution in [0.4, 0.5) is 23.7 Å². The van der Waals surface area contributed by atoms with Crippen molar-refractivity contribution in [2.75, 3.05) is 18.4 Å². The van der Waals surface area contributed by atoms with Gasteiger partial charge in [-0.05, 0) is 29.8 Å². The molecule has 3 aromatic rings. The number of amides is 2. The van der Waals surface area contributed by atoms with Crippen LogP contribution in [-0.2, 0) is 12.6 Å². The lowest BCUT2D eigenvalue weighted by atomic mass is 10.1. The molecule has 0 atom stereocenters. The van der Waals surface area contributed by atoms with Gasteiger partial charge in [0.05, 0.1) is 11.3 Å². The quantitative estimate of drug-likeness (QED) is 0.513. The smallest absolute Gasteiger partial charge is 0.320 e. The third kappa shape index (κ3) is 6.70. The zero-order valence-corrected chi connectivity index (χ0v) is 16.7. The minimum Gasteiger partial charge on any atom is -0.320 e. The largest absolute Gasteiger partial charge is 0.418 e. The lowest BCUT2D eigenvalue weighted by Gasteiger charge is -2.23. The lowest BCUT2D eigenvalue weighted by Crippen LogP contribution is -2.37. The van der Waals surface area contributed by atoms with E-state index in [-0.39, 0.29) is 12.2 Å².